The molecule has 1 fully saturated rings. The van der Waals surface area contributed by atoms with Crippen LogP contribution in [0.4, 0.5) is 5.95 Å². The van der Waals surface area contributed by atoms with E-state index in [0.717, 1.165) is 22.9 Å². The van der Waals surface area contributed by atoms with Gasteiger partial charge in [-0.2, -0.15) is 5.26 Å². The zero-order valence-electron chi connectivity index (χ0n) is 19.1. The van der Waals surface area contributed by atoms with Crippen molar-refractivity contribution >= 4 is 5.95 Å². The zero-order chi connectivity index (χ0) is 23.5. The molecule has 0 saturated heterocycles. The lowest BCUT2D eigenvalue weighted by atomic mass is 9.89. The number of anilines is 1. The van der Waals surface area contributed by atoms with Crippen LogP contribution in [0, 0.1) is 17.2 Å². The molecule has 1 unspecified atom stereocenters. The van der Waals surface area contributed by atoms with Crippen molar-refractivity contribution in [2.24, 2.45) is 5.92 Å². The molecule has 0 spiro atoms. The van der Waals surface area contributed by atoms with E-state index in [1.165, 1.54) is 25.7 Å². The fraction of sp³-hybridized carbons (Fsp3) is 0.308. The SMILES string of the molecule is CC(c1cccc(Cn2cc(-c3cc(-c4cccc(C#N)c4)nc(N)n3)nn2)n1)C1CCCC1. The van der Waals surface area contributed by atoms with Gasteiger partial charge in [0.15, 0.2) is 0 Å². The average Bonchev–Trinajstić information content (AvgIpc) is 3.56. The van der Waals surface area contributed by atoms with Crippen LogP contribution in [0.1, 0.15) is 55.5 Å². The molecule has 2 N–H and O–H groups in total. The summed E-state index contributed by atoms with van der Waals surface area (Å²) in [6.45, 7) is 2.81. The van der Waals surface area contributed by atoms with E-state index in [4.69, 9.17) is 10.7 Å². The molecule has 170 valence electrons. The summed E-state index contributed by atoms with van der Waals surface area (Å²) >= 11 is 0. The number of nitrogens with two attached hydrogens (primary N) is 1. The van der Waals surface area contributed by atoms with Crippen molar-refractivity contribution in [3.05, 3.63) is 71.7 Å². The Hall–Kier alpha value is -4.12. The molecule has 5 rings (SSSR count). The topological polar surface area (TPSA) is 119 Å². The standard InChI is InChI=1S/C26H26N8/c1-17(19-7-2-3-8-19)22-11-5-10-21(29-22)15-34-16-25(32-33-34)24-13-23(30-26(28)31-24)20-9-4-6-18(12-20)14-27/h4-6,9-13,16-17,19H,2-3,7-8,15H2,1H3,(H2,28,30,31). The summed E-state index contributed by atoms with van der Waals surface area (Å²) in [7, 11) is 0. The maximum atomic E-state index is 9.19. The molecular weight excluding hydrogens is 424 g/mol. The highest BCUT2D eigenvalue weighted by Crippen LogP contribution is 2.36. The smallest absolute Gasteiger partial charge is 0.221 e. The summed E-state index contributed by atoms with van der Waals surface area (Å²) < 4.78 is 1.76. The van der Waals surface area contributed by atoms with Crippen LogP contribution in [0.5, 0.6) is 0 Å². The van der Waals surface area contributed by atoms with Gasteiger partial charge in [0, 0.05) is 17.2 Å². The van der Waals surface area contributed by atoms with Gasteiger partial charge >= 0.3 is 0 Å². The Morgan fingerprint density at radius 1 is 1.03 bits per heavy atom. The van der Waals surface area contributed by atoms with E-state index >= 15 is 0 Å². The molecular formula is C26H26N8. The van der Waals surface area contributed by atoms with Crippen LogP contribution < -0.4 is 5.73 Å². The van der Waals surface area contributed by atoms with Crippen molar-refractivity contribution in [2.75, 3.05) is 5.73 Å². The van der Waals surface area contributed by atoms with Gasteiger partial charge in [-0.15, -0.1) is 5.10 Å². The Morgan fingerprint density at radius 3 is 2.65 bits per heavy atom. The van der Waals surface area contributed by atoms with Crippen molar-refractivity contribution in [3.63, 3.8) is 0 Å². The van der Waals surface area contributed by atoms with Gasteiger partial charge in [0.1, 0.15) is 5.69 Å². The fourth-order valence-corrected chi connectivity index (χ4v) is 4.69. The molecule has 1 aromatic carbocycles. The Bertz CT molecular complexity index is 1350. The van der Waals surface area contributed by atoms with Gasteiger partial charge in [0.2, 0.25) is 5.95 Å². The molecule has 3 aromatic heterocycles. The molecule has 0 radical (unpaired) electrons. The number of pyridine rings is 1. The normalized spacial score (nSPS) is 14.7. The van der Waals surface area contributed by atoms with Crippen LogP contribution in [0.3, 0.4) is 0 Å². The van der Waals surface area contributed by atoms with Crippen molar-refractivity contribution in [1.82, 2.24) is 29.9 Å². The summed E-state index contributed by atoms with van der Waals surface area (Å²) in [5.41, 5.74) is 11.2. The van der Waals surface area contributed by atoms with E-state index in [1.54, 1.807) is 16.8 Å². The van der Waals surface area contributed by atoms with E-state index in [-0.39, 0.29) is 5.95 Å². The van der Waals surface area contributed by atoms with E-state index in [9.17, 15) is 5.26 Å². The first-order chi connectivity index (χ1) is 16.6. The largest absolute Gasteiger partial charge is 0.368 e. The van der Waals surface area contributed by atoms with Crippen LogP contribution in [-0.4, -0.2) is 29.9 Å². The predicted molar refractivity (Wildman–Crippen MR) is 129 cm³/mol. The van der Waals surface area contributed by atoms with Crippen LogP contribution in [0.25, 0.3) is 22.6 Å². The summed E-state index contributed by atoms with van der Waals surface area (Å²) in [6, 6.07) is 17.4. The van der Waals surface area contributed by atoms with Gasteiger partial charge < -0.3 is 5.73 Å². The third-order valence-corrected chi connectivity index (χ3v) is 6.56. The van der Waals surface area contributed by atoms with Crippen LogP contribution >= 0.6 is 0 Å². The third-order valence-electron chi connectivity index (χ3n) is 6.56. The molecule has 8 nitrogen and oxygen atoms in total. The minimum Gasteiger partial charge on any atom is -0.368 e. The monoisotopic (exact) mass is 450 g/mol. The molecule has 4 aromatic rings. The molecule has 0 amide bonds. The lowest BCUT2D eigenvalue weighted by Gasteiger charge is -2.18. The Labute approximate surface area is 198 Å². The van der Waals surface area contributed by atoms with Gasteiger partial charge in [-0.3, -0.25) is 4.98 Å². The number of rotatable bonds is 6. The van der Waals surface area contributed by atoms with Gasteiger partial charge in [-0.1, -0.05) is 43.2 Å². The highest BCUT2D eigenvalue weighted by Gasteiger charge is 2.23. The highest BCUT2D eigenvalue weighted by molar-refractivity contribution is 5.68. The molecule has 1 saturated carbocycles. The number of hydrogen-bond donors (Lipinski definition) is 1. The quantitative estimate of drug-likeness (QED) is 0.456. The van der Waals surface area contributed by atoms with Crippen LogP contribution in [0.2, 0.25) is 0 Å². The second-order valence-corrected chi connectivity index (χ2v) is 8.88. The minimum atomic E-state index is 0.139. The zero-order valence-corrected chi connectivity index (χ0v) is 19.1. The maximum absolute atomic E-state index is 9.19. The molecule has 34 heavy (non-hydrogen) atoms. The molecule has 1 atom stereocenters. The number of nitrogens with zero attached hydrogens (tertiary/aromatic N) is 7. The van der Waals surface area contributed by atoms with E-state index in [2.05, 4.69) is 45.4 Å². The number of nitriles is 1. The first-order valence-electron chi connectivity index (χ1n) is 11.6. The minimum absolute atomic E-state index is 0.139. The molecule has 0 bridgehead atoms. The third kappa shape index (κ3) is 4.64. The van der Waals surface area contributed by atoms with Crippen LogP contribution in [0.15, 0.2) is 54.7 Å². The van der Waals surface area contributed by atoms with Crippen molar-refractivity contribution in [2.45, 2.75) is 45.1 Å². The molecule has 1 aliphatic rings. The maximum Gasteiger partial charge on any atom is 0.221 e. The van der Waals surface area contributed by atoms with E-state index < -0.39 is 0 Å². The van der Waals surface area contributed by atoms with Crippen LogP contribution in [-0.2, 0) is 6.54 Å². The molecule has 3 heterocycles. The first kappa shape index (κ1) is 21.7. The molecule has 8 heteroatoms. The van der Waals surface area contributed by atoms with E-state index in [1.807, 2.05) is 30.5 Å². The Balaban J connectivity index is 1.37. The lowest BCUT2D eigenvalue weighted by Crippen LogP contribution is -2.10. The predicted octanol–water partition coefficient (Wildman–Crippen LogP) is 4.59. The summed E-state index contributed by atoms with van der Waals surface area (Å²) in [4.78, 5) is 13.6. The molecule has 1 aliphatic carbocycles. The summed E-state index contributed by atoms with van der Waals surface area (Å²) in [6.07, 6.45) is 7.09. The second kappa shape index (κ2) is 9.40. The summed E-state index contributed by atoms with van der Waals surface area (Å²) in [5, 5.41) is 17.8. The van der Waals surface area contributed by atoms with Crippen molar-refractivity contribution in [1.29, 1.82) is 5.26 Å². The number of hydrogen-bond acceptors (Lipinski definition) is 7. The average molecular weight is 451 g/mol. The second-order valence-electron chi connectivity index (χ2n) is 8.88. The molecule has 0 aliphatic heterocycles. The summed E-state index contributed by atoms with van der Waals surface area (Å²) in [5.74, 6) is 1.34. The van der Waals surface area contributed by atoms with Crippen molar-refractivity contribution < 1.29 is 0 Å². The Kier molecular flexibility index (Phi) is 6.00. The van der Waals surface area contributed by atoms with E-state index in [0.29, 0.717) is 35.1 Å². The Morgan fingerprint density at radius 2 is 1.82 bits per heavy atom. The van der Waals surface area contributed by atoms with Gasteiger partial charge in [-0.05, 0) is 49.1 Å². The number of benzene rings is 1. The van der Waals surface area contributed by atoms with Gasteiger partial charge in [-0.25, -0.2) is 14.6 Å². The highest BCUT2D eigenvalue weighted by atomic mass is 15.4. The lowest BCUT2D eigenvalue weighted by molar-refractivity contribution is 0.451. The number of aromatic nitrogens is 6. The van der Waals surface area contributed by atoms with Crippen molar-refractivity contribution in [3.8, 4) is 28.7 Å². The van der Waals surface area contributed by atoms with Gasteiger partial charge in [0.25, 0.3) is 0 Å². The fourth-order valence-electron chi connectivity index (χ4n) is 4.69. The van der Waals surface area contributed by atoms with Gasteiger partial charge in [0.05, 0.1) is 41.5 Å². The number of nitrogen functional groups attached to an aromatic ring is 1. The first-order valence-corrected chi connectivity index (χ1v) is 11.6.